The van der Waals surface area contributed by atoms with Gasteiger partial charge in [-0.3, -0.25) is 0 Å². The van der Waals surface area contributed by atoms with Crippen molar-refractivity contribution in [2.75, 3.05) is 33.4 Å². The minimum atomic E-state index is -0.873. The highest BCUT2D eigenvalue weighted by atomic mass is 16.5. The summed E-state index contributed by atoms with van der Waals surface area (Å²) >= 11 is 0. The van der Waals surface area contributed by atoms with Crippen LogP contribution >= 0.6 is 0 Å². The molecule has 5 nitrogen and oxygen atoms in total. The largest absolute Gasteiger partial charge is 0.493 e. The van der Waals surface area contributed by atoms with Crippen LogP contribution in [0, 0.1) is 0 Å². The van der Waals surface area contributed by atoms with Gasteiger partial charge in [0.25, 0.3) is 0 Å². The fourth-order valence-corrected chi connectivity index (χ4v) is 2.43. The lowest BCUT2D eigenvalue weighted by Gasteiger charge is -2.24. The summed E-state index contributed by atoms with van der Waals surface area (Å²) in [5.74, 6) is 1.76. The third-order valence-electron chi connectivity index (χ3n) is 3.60. The fraction of sp³-hybridized carbons (Fsp3) is 0.600. The summed E-state index contributed by atoms with van der Waals surface area (Å²) in [6, 6.07) is 5.91. The Morgan fingerprint density at radius 1 is 1.40 bits per heavy atom. The van der Waals surface area contributed by atoms with E-state index in [1.165, 1.54) is 18.4 Å². The van der Waals surface area contributed by atoms with E-state index >= 15 is 0 Å². The van der Waals surface area contributed by atoms with Crippen molar-refractivity contribution in [2.45, 2.75) is 24.9 Å². The highest BCUT2D eigenvalue weighted by Crippen LogP contribution is 2.33. The van der Waals surface area contributed by atoms with Gasteiger partial charge in [0.05, 0.1) is 13.7 Å². The molecule has 1 aromatic carbocycles. The number of methoxy groups -OCH3 is 1. The van der Waals surface area contributed by atoms with Gasteiger partial charge in [-0.15, -0.1) is 0 Å². The monoisotopic (exact) mass is 281 g/mol. The van der Waals surface area contributed by atoms with Crippen LogP contribution in [0.2, 0.25) is 0 Å². The molecule has 0 saturated carbocycles. The van der Waals surface area contributed by atoms with E-state index in [1.54, 1.807) is 7.11 Å². The number of piperidine rings is 1. The van der Waals surface area contributed by atoms with Gasteiger partial charge in [-0.2, -0.15) is 0 Å². The molecule has 1 heterocycles. The first-order valence-electron chi connectivity index (χ1n) is 7.05. The van der Waals surface area contributed by atoms with Crippen LogP contribution in [-0.4, -0.2) is 49.7 Å². The molecular formula is C15H23NO4. The Balaban J connectivity index is 2.06. The normalized spacial score (nSPS) is 20.4. The minimum absolute atomic E-state index is 0.0528. The van der Waals surface area contributed by atoms with Gasteiger partial charge >= 0.3 is 0 Å². The van der Waals surface area contributed by atoms with Gasteiger partial charge in [0.15, 0.2) is 11.5 Å². The Hall–Kier alpha value is -1.30. The number of aliphatic hydroxyl groups excluding tert-OH is 2. The SMILES string of the molecule is COc1cc(C2CCCNC2)ccc1OCC(O)CO. The van der Waals surface area contributed by atoms with Crippen molar-refractivity contribution in [1.29, 1.82) is 0 Å². The number of nitrogens with one attached hydrogen (secondary N) is 1. The van der Waals surface area contributed by atoms with Crippen molar-refractivity contribution in [1.82, 2.24) is 5.32 Å². The first-order chi connectivity index (χ1) is 9.74. The summed E-state index contributed by atoms with van der Waals surface area (Å²) in [7, 11) is 1.60. The average molecular weight is 281 g/mol. The zero-order valence-electron chi connectivity index (χ0n) is 11.8. The zero-order chi connectivity index (χ0) is 14.4. The quantitative estimate of drug-likeness (QED) is 0.722. The molecule has 2 rings (SSSR count). The molecule has 0 amide bonds. The molecule has 2 unspecified atom stereocenters. The molecule has 1 aromatic rings. The molecule has 0 aliphatic carbocycles. The summed E-state index contributed by atoms with van der Waals surface area (Å²) in [6.45, 7) is 1.83. The molecule has 0 spiro atoms. The van der Waals surface area contributed by atoms with Gasteiger partial charge < -0.3 is 25.0 Å². The topological polar surface area (TPSA) is 71.0 Å². The van der Waals surface area contributed by atoms with Crippen LogP contribution in [0.5, 0.6) is 11.5 Å². The first-order valence-corrected chi connectivity index (χ1v) is 7.05. The third kappa shape index (κ3) is 3.85. The smallest absolute Gasteiger partial charge is 0.161 e. The molecule has 1 fully saturated rings. The van der Waals surface area contributed by atoms with E-state index in [0.29, 0.717) is 17.4 Å². The predicted molar refractivity (Wildman–Crippen MR) is 76.4 cm³/mol. The second-order valence-electron chi connectivity index (χ2n) is 5.10. The standard InChI is InChI=1S/C15H23NO4/c1-19-15-7-11(12-3-2-6-16-8-12)4-5-14(15)20-10-13(18)9-17/h4-5,7,12-13,16-18H,2-3,6,8-10H2,1H3. The van der Waals surface area contributed by atoms with E-state index in [1.807, 2.05) is 18.2 Å². The van der Waals surface area contributed by atoms with E-state index in [0.717, 1.165) is 13.1 Å². The zero-order valence-corrected chi connectivity index (χ0v) is 11.8. The number of aliphatic hydroxyl groups is 2. The van der Waals surface area contributed by atoms with Crippen molar-refractivity contribution in [3.63, 3.8) is 0 Å². The number of rotatable bonds is 6. The van der Waals surface area contributed by atoms with Gasteiger partial charge in [0, 0.05) is 6.54 Å². The Kier molecular flexibility index (Phi) is 5.64. The Labute approximate surface area is 119 Å². The van der Waals surface area contributed by atoms with Crippen molar-refractivity contribution >= 4 is 0 Å². The highest BCUT2D eigenvalue weighted by Gasteiger charge is 2.17. The van der Waals surface area contributed by atoms with Crippen LogP contribution in [0.3, 0.4) is 0 Å². The maximum atomic E-state index is 9.32. The maximum absolute atomic E-state index is 9.32. The molecular weight excluding hydrogens is 258 g/mol. The van der Waals surface area contributed by atoms with Crippen molar-refractivity contribution in [3.8, 4) is 11.5 Å². The molecule has 1 saturated heterocycles. The molecule has 0 aromatic heterocycles. The fourth-order valence-electron chi connectivity index (χ4n) is 2.43. The van der Waals surface area contributed by atoms with E-state index in [2.05, 4.69) is 5.32 Å². The molecule has 3 N–H and O–H groups in total. The van der Waals surface area contributed by atoms with Gasteiger partial charge in [-0.1, -0.05) is 6.07 Å². The van der Waals surface area contributed by atoms with Crippen LogP contribution in [-0.2, 0) is 0 Å². The molecule has 20 heavy (non-hydrogen) atoms. The van der Waals surface area contributed by atoms with Crippen LogP contribution in [0.25, 0.3) is 0 Å². The maximum Gasteiger partial charge on any atom is 0.161 e. The van der Waals surface area contributed by atoms with Crippen LogP contribution in [0.4, 0.5) is 0 Å². The molecule has 112 valence electrons. The molecule has 2 atom stereocenters. The van der Waals surface area contributed by atoms with E-state index in [-0.39, 0.29) is 13.2 Å². The van der Waals surface area contributed by atoms with E-state index in [4.69, 9.17) is 14.6 Å². The average Bonchev–Trinajstić information content (AvgIpc) is 2.53. The Bertz CT molecular complexity index is 418. The summed E-state index contributed by atoms with van der Waals surface area (Å²) < 4.78 is 10.8. The predicted octanol–water partition coefficient (Wildman–Crippen LogP) is 0.894. The van der Waals surface area contributed by atoms with Gasteiger partial charge in [0.1, 0.15) is 12.7 Å². The summed E-state index contributed by atoms with van der Waals surface area (Å²) in [4.78, 5) is 0. The number of hydrogen-bond acceptors (Lipinski definition) is 5. The second-order valence-corrected chi connectivity index (χ2v) is 5.10. The lowest BCUT2D eigenvalue weighted by Crippen LogP contribution is -2.28. The summed E-state index contributed by atoms with van der Waals surface area (Å²) in [5.41, 5.74) is 1.24. The van der Waals surface area contributed by atoms with Gasteiger partial charge in [0.2, 0.25) is 0 Å². The van der Waals surface area contributed by atoms with Crippen LogP contribution in [0.15, 0.2) is 18.2 Å². The molecule has 5 heteroatoms. The van der Waals surface area contributed by atoms with Crippen LogP contribution < -0.4 is 14.8 Å². The van der Waals surface area contributed by atoms with E-state index in [9.17, 15) is 5.11 Å². The van der Waals surface area contributed by atoms with Crippen molar-refractivity contribution < 1.29 is 19.7 Å². The lowest BCUT2D eigenvalue weighted by atomic mass is 9.91. The van der Waals surface area contributed by atoms with Crippen molar-refractivity contribution in [2.24, 2.45) is 0 Å². The molecule has 0 bridgehead atoms. The number of hydrogen-bond donors (Lipinski definition) is 3. The highest BCUT2D eigenvalue weighted by molar-refractivity contribution is 5.44. The third-order valence-corrected chi connectivity index (χ3v) is 3.60. The van der Waals surface area contributed by atoms with Gasteiger partial charge in [-0.25, -0.2) is 0 Å². The molecule has 1 aliphatic heterocycles. The second kappa shape index (κ2) is 7.47. The Morgan fingerprint density at radius 3 is 2.90 bits per heavy atom. The summed E-state index contributed by atoms with van der Waals surface area (Å²) in [6.07, 6.45) is 1.50. The van der Waals surface area contributed by atoms with Crippen molar-refractivity contribution in [3.05, 3.63) is 23.8 Å². The lowest BCUT2D eigenvalue weighted by molar-refractivity contribution is 0.0527. The number of benzene rings is 1. The molecule has 1 aliphatic rings. The van der Waals surface area contributed by atoms with E-state index < -0.39 is 6.10 Å². The molecule has 0 radical (unpaired) electrons. The van der Waals surface area contributed by atoms with Crippen LogP contribution in [0.1, 0.15) is 24.3 Å². The first kappa shape index (κ1) is 15.1. The Morgan fingerprint density at radius 2 is 2.25 bits per heavy atom. The number of ether oxygens (including phenoxy) is 2. The van der Waals surface area contributed by atoms with Gasteiger partial charge in [-0.05, 0) is 43.0 Å². The summed E-state index contributed by atoms with van der Waals surface area (Å²) in [5, 5.41) is 21.5. The minimum Gasteiger partial charge on any atom is -0.493 e.